The third-order valence-corrected chi connectivity index (χ3v) is 7.25. The van der Waals surface area contributed by atoms with Crippen LogP contribution in [0.4, 0.5) is 0 Å². The Bertz CT molecular complexity index is 2230. The molecule has 0 bridgehead atoms. The van der Waals surface area contributed by atoms with Crippen LogP contribution in [0, 0.1) is 45.3 Å². The van der Waals surface area contributed by atoms with E-state index in [1.54, 1.807) is 109 Å². The van der Waals surface area contributed by atoms with Crippen molar-refractivity contribution in [2.75, 3.05) is 0 Å². The Balaban J connectivity index is 1.06. The zero-order valence-corrected chi connectivity index (χ0v) is 26.0. The normalized spacial score (nSPS) is 10.0. The van der Waals surface area contributed by atoms with E-state index in [4.69, 9.17) is 29.5 Å². The van der Waals surface area contributed by atoms with Gasteiger partial charge in [0.1, 0.15) is 70.3 Å². The van der Waals surface area contributed by atoms with Crippen LogP contribution in [-0.4, -0.2) is 5.78 Å². The van der Waals surface area contributed by atoms with Crippen LogP contribution in [0.25, 0.3) is 0 Å². The summed E-state index contributed by atoms with van der Waals surface area (Å²) in [5, 5.41) is 36.8. The summed E-state index contributed by atoms with van der Waals surface area (Å²) in [7, 11) is 0. The number of benzene rings is 6. The van der Waals surface area contributed by atoms with E-state index < -0.39 is 0 Å². The van der Waals surface area contributed by atoms with Gasteiger partial charge in [-0.05, 0) is 109 Å². The van der Waals surface area contributed by atoms with Gasteiger partial charge in [-0.1, -0.05) is 12.1 Å². The SMILES string of the molecule is N#Cc1ccc(Oc2cccc(Oc3ccc(C(=O)c4ccc(Oc5cccc(Oc6ccc(C#N)c(C#N)c6)c5)cc4)cc3)c2)cc1C#N. The lowest BCUT2D eigenvalue weighted by atomic mass is 10.0. The van der Waals surface area contributed by atoms with Gasteiger partial charge in [0.2, 0.25) is 0 Å². The van der Waals surface area contributed by atoms with E-state index in [1.165, 1.54) is 24.3 Å². The minimum absolute atomic E-state index is 0.174. The Hall–Kier alpha value is -7.85. The molecular weight excluding hydrogens is 628 g/mol. The van der Waals surface area contributed by atoms with Crippen molar-refractivity contribution >= 4 is 5.78 Å². The first-order valence-electron chi connectivity index (χ1n) is 15.0. The number of hydrogen-bond acceptors (Lipinski definition) is 9. The molecule has 0 aliphatic heterocycles. The van der Waals surface area contributed by atoms with E-state index in [9.17, 15) is 15.3 Å². The predicted octanol–water partition coefficient (Wildman–Crippen LogP) is 9.57. The van der Waals surface area contributed by atoms with Crippen LogP contribution in [0.2, 0.25) is 0 Å². The zero-order valence-electron chi connectivity index (χ0n) is 26.0. The average molecular weight is 651 g/mol. The minimum atomic E-state index is -0.174. The highest BCUT2D eigenvalue weighted by atomic mass is 16.5. The molecule has 0 unspecified atom stereocenters. The van der Waals surface area contributed by atoms with Crippen molar-refractivity contribution in [2.24, 2.45) is 0 Å². The summed E-state index contributed by atoms with van der Waals surface area (Å²) in [6, 6.07) is 44.7. The maximum atomic E-state index is 13.2. The number of hydrogen-bond donors (Lipinski definition) is 0. The van der Waals surface area contributed by atoms with Crippen LogP contribution < -0.4 is 18.9 Å². The van der Waals surface area contributed by atoms with Gasteiger partial charge in [0, 0.05) is 23.3 Å². The average Bonchev–Trinajstić information content (AvgIpc) is 3.15. The smallest absolute Gasteiger partial charge is 0.193 e. The lowest BCUT2D eigenvalue weighted by Crippen LogP contribution is -2.01. The van der Waals surface area contributed by atoms with Crippen LogP contribution in [0.5, 0.6) is 46.0 Å². The van der Waals surface area contributed by atoms with Crippen molar-refractivity contribution in [3.8, 4) is 70.3 Å². The van der Waals surface area contributed by atoms with Crippen LogP contribution in [0.1, 0.15) is 38.2 Å². The van der Waals surface area contributed by atoms with E-state index in [0.717, 1.165) is 0 Å². The van der Waals surface area contributed by atoms with Crippen molar-refractivity contribution in [3.05, 3.63) is 167 Å². The Kier molecular flexibility index (Phi) is 9.45. The maximum Gasteiger partial charge on any atom is 0.193 e. The van der Waals surface area contributed by atoms with Gasteiger partial charge in [0.05, 0.1) is 22.3 Å². The van der Waals surface area contributed by atoms with Gasteiger partial charge in [-0.15, -0.1) is 0 Å². The molecule has 0 heterocycles. The highest BCUT2D eigenvalue weighted by molar-refractivity contribution is 6.09. The van der Waals surface area contributed by atoms with Crippen molar-refractivity contribution in [1.29, 1.82) is 21.0 Å². The molecule has 0 aliphatic rings. The lowest BCUT2D eigenvalue weighted by Gasteiger charge is -2.11. The highest BCUT2D eigenvalue weighted by Crippen LogP contribution is 2.31. The fourth-order valence-electron chi connectivity index (χ4n) is 4.82. The highest BCUT2D eigenvalue weighted by Gasteiger charge is 2.12. The van der Waals surface area contributed by atoms with Crippen molar-refractivity contribution < 1.29 is 23.7 Å². The zero-order chi connectivity index (χ0) is 34.9. The van der Waals surface area contributed by atoms with E-state index in [0.29, 0.717) is 57.1 Å². The monoisotopic (exact) mass is 650 g/mol. The second-order valence-electron chi connectivity index (χ2n) is 10.6. The van der Waals surface area contributed by atoms with Crippen molar-refractivity contribution in [2.45, 2.75) is 0 Å². The third-order valence-electron chi connectivity index (χ3n) is 7.25. The fraction of sp³-hybridized carbons (Fsp3) is 0. The van der Waals surface area contributed by atoms with Gasteiger partial charge in [0.15, 0.2) is 5.78 Å². The quantitative estimate of drug-likeness (QED) is 0.132. The molecule has 0 aliphatic carbocycles. The fourth-order valence-corrected chi connectivity index (χ4v) is 4.82. The van der Waals surface area contributed by atoms with E-state index in [2.05, 4.69) is 0 Å². The molecule has 0 atom stereocenters. The summed E-state index contributed by atoms with van der Waals surface area (Å²) in [6.45, 7) is 0. The summed E-state index contributed by atoms with van der Waals surface area (Å²) >= 11 is 0. The molecule has 0 N–H and O–H groups in total. The molecule has 9 heteroatoms. The number of nitriles is 4. The molecule has 6 rings (SSSR count). The van der Waals surface area contributed by atoms with Crippen LogP contribution in [-0.2, 0) is 0 Å². The van der Waals surface area contributed by atoms with Crippen molar-refractivity contribution in [1.82, 2.24) is 0 Å². The molecule has 0 saturated carbocycles. The molecule has 0 fully saturated rings. The standard InChI is InChI=1S/C41H22N4O5/c42-23-29-11-17-39(19-31(29)25-44)49-37-5-1-3-35(21-37)47-33-13-7-27(8-14-33)41(46)28-9-15-34(16-10-28)48-36-4-2-6-38(22-36)50-40-18-12-30(24-43)32(20-40)26-45/h1-22H. The second kappa shape index (κ2) is 14.7. The van der Waals surface area contributed by atoms with Crippen molar-refractivity contribution in [3.63, 3.8) is 0 Å². The minimum Gasteiger partial charge on any atom is -0.457 e. The third kappa shape index (κ3) is 7.57. The first kappa shape index (κ1) is 32.1. The number of ether oxygens (including phenoxy) is 4. The van der Waals surface area contributed by atoms with Crippen LogP contribution in [0.3, 0.4) is 0 Å². The van der Waals surface area contributed by atoms with Gasteiger partial charge >= 0.3 is 0 Å². The van der Waals surface area contributed by atoms with Crippen LogP contribution in [0.15, 0.2) is 133 Å². The number of carbonyl (C=O) groups is 1. The molecule has 9 nitrogen and oxygen atoms in total. The summed E-state index contributed by atoms with van der Waals surface area (Å²) in [6.07, 6.45) is 0. The van der Waals surface area contributed by atoms with Gasteiger partial charge in [-0.2, -0.15) is 21.0 Å². The molecule has 6 aromatic carbocycles. The molecule has 0 radical (unpaired) electrons. The summed E-state index contributed by atoms with van der Waals surface area (Å²) in [5.41, 5.74) is 1.95. The lowest BCUT2D eigenvalue weighted by molar-refractivity contribution is 0.103. The Labute approximate surface area is 287 Å². The molecule has 0 saturated heterocycles. The van der Waals surface area contributed by atoms with Gasteiger partial charge in [-0.25, -0.2) is 0 Å². The maximum absolute atomic E-state index is 13.2. The molecule has 0 spiro atoms. The van der Waals surface area contributed by atoms with Crippen LogP contribution >= 0.6 is 0 Å². The van der Waals surface area contributed by atoms with E-state index in [-0.39, 0.29) is 28.0 Å². The molecular formula is C41H22N4O5. The first-order chi connectivity index (χ1) is 24.4. The molecule has 0 amide bonds. The summed E-state index contributed by atoms with van der Waals surface area (Å²) in [5.74, 6) is 3.66. The second-order valence-corrected chi connectivity index (χ2v) is 10.6. The van der Waals surface area contributed by atoms with Gasteiger partial charge in [0.25, 0.3) is 0 Å². The summed E-state index contributed by atoms with van der Waals surface area (Å²) < 4.78 is 23.7. The van der Waals surface area contributed by atoms with Gasteiger partial charge < -0.3 is 18.9 Å². The predicted molar refractivity (Wildman–Crippen MR) is 181 cm³/mol. The first-order valence-corrected chi connectivity index (χ1v) is 15.0. The Morgan fingerprint density at radius 2 is 0.660 bits per heavy atom. The van der Waals surface area contributed by atoms with E-state index >= 15 is 0 Å². The number of nitrogens with zero attached hydrogens (tertiary/aromatic N) is 4. The largest absolute Gasteiger partial charge is 0.457 e. The molecule has 236 valence electrons. The number of ketones is 1. The van der Waals surface area contributed by atoms with E-state index in [1.807, 2.05) is 24.3 Å². The molecule has 0 aromatic heterocycles. The number of rotatable bonds is 10. The summed E-state index contributed by atoms with van der Waals surface area (Å²) in [4.78, 5) is 13.2. The molecule has 6 aromatic rings. The van der Waals surface area contributed by atoms with Gasteiger partial charge in [-0.3, -0.25) is 4.79 Å². The Morgan fingerprint density at radius 1 is 0.360 bits per heavy atom. The Morgan fingerprint density at radius 3 is 1.00 bits per heavy atom. The number of carbonyl (C=O) groups excluding carboxylic acids is 1. The topological polar surface area (TPSA) is 149 Å². The molecule has 50 heavy (non-hydrogen) atoms.